The van der Waals surface area contributed by atoms with E-state index < -0.39 is 27.8 Å². The first-order chi connectivity index (χ1) is 9.84. The van der Waals surface area contributed by atoms with Crippen LogP contribution in [0.5, 0.6) is 0 Å². The van der Waals surface area contributed by atoms with E-state index >= 15 is 0 Å². The van der Waals surface area contributed by atoms with Gasteiger partial charge in [0.1, 0.15) is 0 Å². The van der Waals surface area contributed by atoms with Gasteiger partial charge >= 0.3 is 5.97 Å². The Balaban J connectivity index is 2.15. The van der Waals surface area contributed by atoms with Gasteiger partial charge in [0.2, 0.25) is 5.91 Å². The summed E-state index contributed by atoms with van der Waals surface area (Å²) in [4.78, 5) is 24.9. The van der Waals surface area contributed by atoms with E-state index in [-0.39, 0.29) is 43.0 Å². The van der Waals surface area contributed by atoms with E-state index in [1.807, 2.05) is 0 Å². The highest BCUT2D eigenvalue weighted by Crippen LogP contribution is 2.22. The monoisotopic (exact) mass is 320 g/mol. The molecule has 2 fully saturated rings. The van der Waals surface area contributed by atoms with Crippen molar-refractivity contribution in [3.05, 3.63) is 0 Å². The normalized spacial score (nSPS) is 32.0. The summed E-state index contributed by atoms with van der Waals surface area (Å²) in [6.07, 6.45) is -0.358. The molecular weight excluding hydrogens is 300 g/mol. The SMILES string of the molecule is CNC1COCC1C(=O)N1CCS(=O)(=O)CC1CC(=O)O. The summed E-state index contributed by atoms with van der Waals surface area (Å²) >= 11 is 0. The van der Waals surface area contributed by atoms with E-state index in [0.29, 0.717) is 6.61 Å². The van der Waals surface area contributed by atoms with Crippen LogP contribution in [0.1, 0.15) is 6.42 Å². The zero-order valence-electron chi connectivity index (χ0n) is 11.8. The molecule has 2 aliphatic rings. The number of ether oxygens (including phenoxy) is 1. The second kappa shape index (κ2) is 6.29. The molecule has 0 saturated carbocycles. The van der Waals surface area contributed by atoms with E-state index in [4.69, 9.17) is 9.84 Å². The molecule has 0 aromatic carbocycles. The third kappa shape index (κ3) is 3.72. The Morgan fingerprint density at radius 3 is 2.71 bits per heavy atom. The fourth-order valence-corrected chi connectivity index (χ4v) is 4.37. The Kier molecular flexibility index (Phi) is 4.84. The number of amides is 1. The van der Waals surface area contributed by atoms with Gasteiger partial charge in [0.15, 0.2) is 9.84 Å². The maximum atomic E-state index is 12.6. The second-order valence-electron chi connectivity index (χ2n) is 5.44. The molecule has 120 valence electrons. The molecule has 21 heavy (non-hydrogen) atoms. The van der Waals surface area contributed by atoms with Crippen LogP contribution in [0.25, 0.3) is 0 Å². The van der Waals surface area contributed by atoms with E-state index in [0.717, 1.165) is 0 Å². The van der Waals surface area contributed by atoms with Gasteiger partial charge in [-0.1, -0.05) is 0 Å². The van der Waals surface area contributed by atoms with Crippen LogP contribution in [0.3, 0.4) is 0 Å². The minimum Gasteiger partial charge on any atom is -0.481 e. The molecular formula is C12H20N2O6S. The lowest BCUT2D eigenvalue weighted by atomic mass is 10.0. The van der Waals surface area contributed by atoms with Gasteiger partial charge in [-0.15, -0.1) is 0 Å². The number of carbonyl (C=O) groups is 2. The van der Waals surface area contributed by atoms with Crippen LogP contribution < -0.4 is 5.32 Å². The van der Waals surface area contributed by atoms with Crippen molar-refractivity contribution in [3.8, 4) is 0 Å². The molecule has 2 rings (SSSR count). The Bertz CT molecular complexity index is 520. The average molecular weight is 320 g/mol. The van der Waals surface area contributed by atoms with Crippen molar-refractivity contribution < 1.29 is 27.9 Å². The fraction of sp³-hybridized carbons (Fsp3) is 0.833. The summed E-state index contributed by atoms with van der Waals surface area (Å²) in [6.45, 7) is 0.738. The predicted molar refractivity (Wildman–Crippen MR) is 73.6 cm³/mol. The van der Waals surface area contributed by atoms with Crippen molar-refractivity contribution >= 4 is 21.7 Å². The smallest absolute Gasteiger partial charge is 0.305 e. The van der Waals surface area contributed by atoms with E-state index in [1.165, 1.54) is 4.90 Å². The summed E-state index contributed by atoms with van der Waals surface area (Å²) in [5.74, 6) is -2.14. The molecule has 0 aliphatic carbocycles. The van der Waals surface area contributed by atoms with E-state index in [9.17, 15) is 18.0 Å². The lowest BCUT2D eigenvalue weighted by Gasteiger charge is -2.36. The number of carboxylic acid groups (broad SMARTS) is 1. The number of hydrogen-bond donors (Lipinski definition) is 2. The molecule has 2 saturated heterocycles. The largest absolute Gasteiger partial charge is 0.481 e. The standard InChI is InChI=1S/C12H20N2O6S/c1-13-10-6-20-5-9(10)12(17)14-2-3-21(18,19)7-8(14)4-11(15)16/h8-10,13H,2-7H2,1H3,(H,15,16). The molecule has 1 amide bonds. The first-order valence-corrected chi connectivity index (χ1v) is 8.64. The van der Waals surface area contributed by atoms with Crippen LogP contribution in [0.15, 0.2) is 0 Å². The Labute approximate surface area is 123 Å². The lowest BCUT2D eigenvalue weighted by Crippen LogP contribution is -2.55. The molecule has 9 heteroatoms. The Morgan fingerprint density at radius 2 is 2.10 bits per heavy atom. The first kappa shape index (κ1) is 16.2. The molecule has 0 bridgehead atoms. The second-order valence-corrected chi connectivity index (χ2v) is 7.67. The summed E-state index contributed by atoms with van der Waals surface area (Å²) in [5.41, 5.74) is 0. The minimum atomic E-state index is -3.29. The van der Waals surface area contributed by atoms with E-state index in [1.54, 1.807) is 7.05 Å². The Hall–Kier alpha value is -1.19. The molecule has 0 spiro atoms. The molecule has 2 N–H and O–H groups in total. The van der Waals surface area contributed by atoms with Gasteiger partial charge in [0.25, 0.3) is 0 Å². The third-order valence-electron chi connectivity index (χ3n) is 3.99. The zero-order valence-corrected chi connectivity index (χ0v) is 12.6. The number of nitrogens with zero attached hydrogens (tertiary/aromatic N) is 1. The van der Waals surface area contributed by atoms with Crippen molar-refractivity contribution in [2.24, 2.45) is 5.92 Å². The average Bonchev–Trinajstić information content (AvgIpc) is 2.84. The summed E-state index contributed by atoms with van der Waals surface area (Å²) in [6, 6.07) is -0.923. The third-order valence-corrected chi connectivity index (χ3v) is 5.69. The van der Waals surface area contributed by atoms with Crippen molar-refractivity contribution in [1.82, 2.24) is 10.2 Å². The van der Waals surface area contributed by atoms with Crippen LogP contribution in [-0.4, -0.2) is 80.7 Å². The quantitative estimate of drug-likeness (QED) is 0.636. The summed E-state index contributed by atoms with van der Waals surface area (Å²) < 4.78 is 28.7. The number of rotatable bonds is 4. The number of carboxylic acids is 1. The highest BCUT2D eigenvalue weighted by Gasteiger charge is 2.41. The number of aliphatic carboxylic acids is 1. The van der Waals surface area contributed by atoms with Gasteiger partial charge in [-0.3, -0.25) is 9.59 Å². The van der Waals surface area contributed by atoms with E-state index in [2.05, 4.69) is 5.32 Å². The molecule has 3 atom stereocenters. The maximum absolute atomic E-state index is 12.6. The molecule has 3 unspecified atom stereocenters. The topological polar surface area (TPSA) is 113 Å². The summed E-state index contributed by atoms with van der Waals surface area (Å²) in [5, 5.41) is 11.9. The van der Waals surface area contributed by atoms with Crippen LogP contribution in [0.2, 0.25) is 0 Å². The molecule has 2 aliphatic heterocycles. The van der Waals surface area contributed by atoms with Gasteiger partial charge in [0, 0.05) is 12.6 Å². The van der Waals surface area contributed by atoms with Gasteiger partial charge in [-0.2, -0.15) is 0 Å². The minimum absolute atomic E-state index is 0.0477. The molecule has 0 aromatic heterocycles. The van der Waals surface area contributed by atoms with Gasteiger partial charge in [-0.05, 0) is 7.05 Å². The molecule has 2 heterocycles. The maximum Gasteiger partial charge on any atom is 0.305 e. The number of carbonyl (C=O) groups excluding carboxylic acids is 1. The van der Waals surface area contributed by atoms with Crippen LogP contribution in [-0.2, 0) is 24.2 Å². The van der Waals surface area contributed by atoms with Gasteiger partial charge < -0.3 is 20.1 Å². The van der Waals surface area contributed by atoms with Gasteiger partial charge in [-0.25, -0.2) is 8.42 Å². The first-order valence-electron chi connectivity index (χ1n) is 6.82. The van der Waals surface area contributed by atoms with Crippen LogP contribution >= 0.6 is 0 Å². The molecule has 0 radical (unpaired) electrons. The lowest BCUT2D eigenvalue weighted by molar-refractivity contribution is -0.142. The van der Waals surface area contributed by atoms with Crippen molar-refractivity contribution in [2.75, 3.05) is 38.3 Å². The van der Waals surface area contributed by atoms with Crippen molar-refractivity contribution in [3.63, 3.8) is 0 Å². The fourth-order valence-electron chi connectivity index (χ4n) is 2.84. The number of hydrogen-bond acceptors (Lipinski definition) is 6. The molecule has 0 aromatic rings. The number of sulfone groups is 1. The van der Waals surface area contributed by atoms with Gasteiger partial charge in [0.05, 0.1) is 43.1 Å². The van der Waals surface area contributed by atoms with Crippen molar-refractivity contribution in [2.45, 2.75) is 18.5 Å². The number of nitrogens with one attached hydrogen (secondary N) is 1. The highest BCUT2D eigenvalue weighted by atomic mass is 32.2. The van der Waals surface area contributed by atoms with Crippen molar-refractivity contribution in [1.29, 1.82) is 0 Å². The summed E-state index contributed by atoms with van der Waals surface area (Å²) in [7, 11) is -1.56. The molecule has 8 nitrogen and oxygen atoms in total. The van der Waals surface area contributed by atoms with Crippen LogP contribution in [0.4, 0.5) is 0 Å². The zero-order chi connectivity index (χ0) is 15.6. The van der Waals surface area contributed by atoms with Crippen LogP contribution in [0, 0.1) is 5.92 Å². The predicted octanol–water partition coefficient (Wildman–Crippen LogP) is -1.68. The number of likely N-dealkylation sites (N-methyl/N-ethyl adjacent to an activating group) is 1. The highest BCUT2D eigenvalue weighted by molar-refractivity contribution is 7.91. The Morgan fingerprint density at radius 1 is 1.38 bits per heavy atom.